The van der Waals surface area contributed by atoms with Crippen molar-refractivity contribution >= 4 is 51.4 Å². The topological polar surface area (TPSA) is 166 Å². The number of amides is 1. The molecule has 0 radical (unpaired) electrons. The molecule has 3 atom stereocenters. The van der Waals surface area contributed by atoms with E-state index < -0.39 is 66.3 Å². The van der Waals surface area contributed by atoms with Gasteiger partial charge >= 0.3 is 23.9 Å². The van der Waals surface area contributed by atoms with Crippen LogP contribution in [0.5, 0.6) is 0 Å². The molecule has 0 saturated carbocycles. The molecule has 3 rings (SSSR count). The third-order valence-electron chi connectivity index (χ3n) is 5.25. The number of rotatable bonds is 10. The quantitative estimate of drug-likeness (QED) is 0.328. The molecule has 1 aliphatic rings. The number of carbonyl (C=O) groups is 5. The Kier molecular flexibility index (Phi) is 9.95. The number of benzene rings is 1. The standard InChI is InChI=1S/C25H28N2O11S/c1-13(28)34-12-18-21(35-14(2)29)22(36-15(3)30)23(37-16(4)31)24(38-18)26-20(32)10-7-11-27-25(33)17-8-5-6-9-19(17)39-27/h5-6,8-9,18,21,24H,7,10-12H2,1-4H3,(H,26,32)/t18?,21-,24-/m1/s1. The molecule has 14 heteroatoms. The Hall–Kier alpha value is -4.04. The van der Waals surface area contributed by atoms with E-state index in [1.165, 1.54) is 11.5 Å². The van der Waals surface area contributed by atoms with Crippen molar-refractivity contribution in [2.75, 3.05) is 6.61 Å². The molecule has 0 spiro atoms. The number of nitrogens with one attached hydrogen (secondary N) is 1. The maximum Gasteiger partial charge on any atom is 0.307 e. The van der Waals surface area contributed by atoms with Gasteiger partial charge in [-0.05, 0) is 18.6 Å². The zero-order chi connectivity index (χ0) is 28.7. The highest BCUT2D eigenvalue weighted by Crippen LogP contribution is 2.30. The minimum absolute atomic E-state index is 0.0429. The largest absolute Gasteiger partial charge is 0.463 e. The van der Waals surface area contributed by atoms with Crippen molar-refractivity contribution in [1.82, 2.24) is 9.27 Å². The first-order valence-corrected chi connectivity index (χ1v) is 12.7. The van der Waals surface area contributed by atoms with Crippen molar-refractivity contribution < 1.29 is 47.7 Å². The van der Waals surface area contributed by atoms with Gasteiger partial charge in [0.05, 0.1) is 10.1 Å². The van der Waals surface area contributed by atoms with Crippen LogP contribution in [0.4, 0.5) is 0 Å². The van der Waals surface area contributed by atoms with Gasteiger partial charge in [0.1, 0.15) is 12.7 Å². The number of hydrogen-bond donors (Lipinski definition) is 1. The summed E-state index contributed by atoms with van der Waals surface area (Å²) >= 11 is 1.29. The summed E-state index contributed by atoms with van der Waals surface area (Å²) in [5, 5.41) is 3.14. The molecule has 2 aromatic rings. The Morgan fingerprint density at radius 2 is 1.62 bits per heavy atom. The van der Waals surface area contributed by atoms with Crippen LogP contribution in [0.15, 0.2) is 40.6 Å². The highest BCUT2D eigenvalue weighted by Gasteiger charge is 2.45. The number of fused-ring (bicyclic) bond motifs is 1. The molecule has 1 unspecified atom stereocenters. The van der Waals surface area contributed by atoms with Crippen LogP contribution in [-0.2, 0) is 54.2 Å². The van der Waals surface area contributed by atoms with Crippen molar-refractivity contribution in [2.45, 2.75) is 65.5 Å². The molecular formula is C25H28N2O11S. The second-order valence-electron chi connectivity index (χ2n) is 8.47. The number of ether oxygens (including phenoxy) is 5. The van der Waals surface area contributed by atoms with E-state index in [4.69, 9.17) is 23.7 Å². The van der Waals surface area contributed by atoms with Gasteiger partial charge in [0.15, 0.2) is 23.9 Å². The highest BCUT2D eigenvalue weighted by molar-refractivity contribution is 7.13. The molecule has 39 heavy (non-hydrogen) atoms. The Bertz CT molecular complexity index is 1360. The van der Waals surface area contributed by atoms with Crippen LogP contribution in [0, 0.1) is 0 Å². The van der Waals surface area contributed by atoms with Crippen LogP contribution in [0.25, 0.3) is 10.1 Å². The summed E-state index contributed by atoms with van der Waals surface area (Å²) < 4.78 is 28.9. The van der Waals surface area contributed by atoms with Crippen LogP contribution in [0.1, 0.15) is 40.5 Å². The monoisotopic (exact) mass is 564 g/mol. The van der Waals surface area contributed by atoms with Gasteiger partial charge in [-0.15, -0.1) is 0 Å². The van der Waals surface area contributed by atoms with E-state index >= 15 is 0 Å². The molecule has 1 aliphatic heterocycles. The second kappa shape index (κ2) is 13.2. The van der Waals surface area contributed by atoms with Gasteiger partial charge in [-0.3, -0.25) is 32.7 Å². The molecule has 2 heterocycles. The molecular weight excluding hydrogens is 536 g/mol. The van der Waals surface area contributed by atoms with Crippen LogP contribution < -0.4 is 10.9 Å². The summed E-state index contributed by atoms with van der Waals surface area (Å²) in [7, 11) is 0. The zero-order valence-corrected chi connectivity index (χ0v) is 22.5. The predicted molar refractivity (Wildman–Crippen MR) is 135 cm³/mol. The number of esters is 4. The van der Waals surface area contributed by atoms with E-state index in [1.807, 2.05) is 12.1 Å². The number of aromatic nitrogens is 1. The van der Waals surface area contributed by atoms with Crippen molar-refractivity contribution in [3.05, 3.63) is 46.1 Å². The molecule has 0 saturated heterocycles. The lowest BCUT2D eigenvalue weighted by Crippen LogP contribution is -2.53. The third-order valence-corrected chi connectivity index (χ3v) is 6.37. The summed E-state index contributed by atoms with van der Waals surface area (Å²) in [6.07, 6.45) is -3.88. The van der Waals surface area contributed by atoms with Gasteiger partial charge in [0, 0.05) is 40.7 Å². The van der Waals surface area contributed by atoms with E-state index in [2.05, 4.69) is 5.32 Å². The first kappa shape index (κ1) is 29.5. The molecule has 1 aromatic heterocycles. The van der Waals surface area contributed by atoms with Crippen molar-refractivity contribution in [2.24, 2.45) is 0 Å². The number of carbonyl (C=O) groups excluding carboxylic acids is 5. The highest BCUT2D eigenvalue weighted by atomic mass is 32.1. The molecule has 0 bridgehead atoms. The Balaban J connectivity index is 1.82. The van der Waals surface area contributed by atoms with Crippen LogP contribution in [-0.4, -0.2) is 58.8 Å². The fourth-order valence-corrected chi connectivity index (χ4v) is 4.80. The van der Waals surface area contributed by atoms with Crippen LogP contribution in [0.2, 0.25) is 0 Å². The maximum absolute atomic E-state index is 12.8. The van der Waals surface area contributed by atoms with Gasteiger partial charge in [-0.25, -0.2) is 0 Å². The lowest BCUT2D eigenvalue weighted by Gasteiger charge is -2.37. The predicted octanol–water partition coefficient (Wildman–Crippen LogP) is 1.52. The lowest BCUT2D eigenvalue weighted by atomic mass is 10.1. The van der Waals surface area contributed by atoms with Crippen molar-refractivity contribution in [3.8, 4) is 0 Å². The normalized spacial score (nSPS) is 18.8. The Morgan fingerprint density at radius 3 is 2.23 bits per heavy atom. The van der Waals surface area contributed by atoms with Gasteiger partial charge in [0.25, 0.3) is 5.56 Å². The first-order valence-electron chi connectivity index (χ1n) is 11.9. The second-order valence-corrected chi connectivity index (χ2v) is 9.53. The van der Waals surface area contributed by atoms with Gasteiger partial charge in [-0.2, -0.15) is 0 Å². The zero-order valence-electron chi connectivity index (χ0n) is 21.7. The summed E-state index contributed by atoms with van der Waals surface area (Å²) in [4.78, 5) is 72.3. The molecule has 0 fully saturated rings. The van der Waals surface area contributed by atoms with E-state index in [9.17, 15) is 28.8 Å². The molecule has 1 N–H and O–H groups in total. The Morgan fingerprint density at radius 1 is 0.949 bits per heavy atom. The number of nitrogens with zero attached hydrogens (tertiary/aromatic N) is 1. The van der Waals surface area contributed by atoms with Gasteiger partial charge in [0.2, 0.25) is 5.91 Å². The number of hydrogen-bond acceptors (Lipinski definition) is 12. The summed E-state index contributed by atoms with van der Waals surface area (Å²) in [5.41, 5.74) is -0.150. The molecule has 0 aliphatic carbocycles. The third kappa shape index (κ3) is 7.97. The minimum atomic E-state index is -1.46. The fraction of sp³-hybridized carbons (Fsp3) is 0.440. The molecule has 1 aromatic carbocycles. The summed E-state index contributed by atoms with van der Waals surface area (Å²) in [6, 6.07) is 7.18. The lowest BCUT2D eigenvalue weighted by molar-refractivity contribution is -0.184. The van der Waals surface area contributed by atoms with E-state index in [0.29, 0.717) is 11.8 Å². The SMILES string of the molecule is CC(=O)OCC1O[C@@H](NC(=O)CCCn2sc3ccccc3c2=O)C(OC(C)=O)=C(OC(C)=O)[C@@H]1OC(C)=O. The minimum Gasteiger partial charge on any atom is -0.463 e. The Labute approximate surface area is 226 Å². The molecule has 1 amide bonds. The number of aryl methyl sites for hydroxylation is 1. The van der Waals surface area contributed by atoms with E-state index in [1.54, 1.807) is 16.1 Å². The van der Waals surface area contributed by atoms with Crippen LogP contribution >= 0.6 is 11.5 Å². The van der Waals surface area contributed by atoms with E-state index in [0.717, 1.165) is 32.4 Å². The molecule has 210 valence electrons. The van der Waals surface area contributed by atoms with Crippen LogP contribution in [0.3, 0.4) is 0 Å². The fourth-order valence-electron chi connectivity index (χ4n) is 3.77. The van der Waals surface area contributed by atoms with Crippen molar-refractivity contribution in [1.29, 1.82) is 0 Å². The van der Waals surface area contributed by atoms with Crippen molar-refractivity contribution in [3.63, 3.8) is 0 Å². The summed E-state index contributed by atoms with van der Waals surface area (Å²) in [5.74, 6) is -4.46. The maximum atomic E-state index is 12.8. The summed E-state index contributed by atoms with van der Waals surface area (Å²) in [6.45, 7) is 4.24. The van der Waals surface area contributed by atoms with E-state index in [-0.39, 0.29) is 18.5 Å². The smallest absolute Gasteiger partial charge is 0.307 e. The first-order chi connectivity index (χ1) is 18.5. The van der Waals surface area contributed by atoms with Gasteiger partial charge < -0.3 is 29.0 Å². The average molecular weight is 565 g/mol. The molecule has 13 nitrogen and oxygen atoms in total. The van der Waals surface area contributed by atoms with Gasteiger partial charge in [-0.1, -0.05) is 23.7 Å². The average Bonchev–Trinajstić information content (AvgIpc) is 3.16.